The molecule has 0 aromatic carbocycles. The Kier molecular flexibility index (Phi) is 105. The molecule has 0 radical (unpaired) electrons. The van der Waals surface area contributed by atoms with Crippen LogP contribution >= 0.6 is 73.3 Å². The van der Waals surface area contributed by atoms with E-state index in [4.69, 9.17) is 149 Å². The molecule has 0 aliphatic heterocycles. The van der Waals surface area contributed by atoms with E-state index in [1.807, 2.05) is 0 Å². The molecule has 0 rings (SSSR count). The summed E-state index contributed by atoms with van der Waals surface area (Å²) >= 11 is 60.7. The molecule has 0 fully saturated rings. The first kappa shape index (κ1) is 104. The van der Waals surface area contributed by atoms with Crippen LogP contribution in [0.25, 0.3) is 0 Å². The molecule has 86 heavy (non-hydrogen) atoms. The summed E-state index contributed by atoms with van der Waals surface area (Å²) in [7, 11) is 0. The second-order valence-corrected chi connectivity index (χ2v) is 28.2. The average molecular weight is 1520 g/mol. The van der Waals surface area contributed by atoms with E-state index in [-0.39, 0.29) is 34.6 Å². The van der Waals surface area contributed by atoms with Gasteiger partial charge >= 0.3 is 0 Å². The molecule has 0 bridgehead atoms. The van der Waals surface area contributed by atoms with Crippen molar-refractivity contribution in [2.45, 2.75) is 314 Å². The quantitative estimate of drug-likeness (QED) is 0.0249. The van der Waals surface area contributed by atoms with Crippen LogP contribution in [0, 0.1) is 0 Å². The van der Waals surface area contributed by atoms with Crippen molar-refractivity contribution in [1.29, 1.82) is 0 Å². The van der Waals surface area contributed by atoms with Crippen molar-refractivity contribution in [2.75, 3.05) is 78.5 Å². The summed E-state index contributed by atoms with van der Waals surface area (Å²) in [6, 6.07) is 0. The van der Waals surface area contributed by atoms with Crippen molar-refractivity contribution < 1.29 is 21.1 Å². The van der Waals surface area contributed by atoms with Crippen LogP contribution in [0.3, 0.4) is 0 Å². The summed E-state index contributed by atoms with van der Waals surface area (Å²) in [5.41, 5.74) is 0. The van der Waals surface area contributed by atoms with E-state index in [0.717, 1.165) is 78.5 Å². The average Bonchev–Trinajstić information content (AvgIpc) is 3.46. The van der Waals surface area contributed by atoms with Crippen LogP contribution in [0.15, 0.2) is 0 Å². The predicted molar refractivity (Wildman–Crippen MR) is 431 cm³/mol. The molecule has 0 aliphatic carbocycles. The van der Waals surface area contributed by atoms with Gasteiger partial charge in [-0.3, -0.25) is 0 Å². The Morgan fingerprint density at radius 2 is 0.256 bits per heavy atom. The zero-order valence-corrected chi connectivity index (χ0v) is 70.0. The topological polar surface area (TPSA) is 19.4 Å². The van der Waals surface area contributed by atoms with E-state index in [1.165, 1.54) is 231 Å². The van der Waals surface area contributed by atoms with Gasteiger partial charge in [0.25, 0.3) is 0 Å². The van der Waals surface area contributed by atoms with Gasteiger partial charge in [-0.2, -0.15) is 0 Å². The molecular weight excluding hydrogens is 1390 g/mol. The normalized spacial score (nSPS) is 9.91. The van der Waals surface area contributed by atoms with Crippen LogP contribution in [0.2, 0.25) is 0 Å². The Balaban J connectivity index is -0.000000141. The Morgan fingerprint density at radius 1 is 0.186 bits per heavy atom. The predicted octanol–water partition coefficient (Wildman–Crippen LogP) is 21.0. The molecule has 0 amide bonds. The van der Waals surface area contributed by atoms with Crippen LogP contribution < -0.4 is 0 Å². The van der Waals surface area contributed by atoms with Crippen molar-refractivity contribution >= 4 is 188 Å². The van der Waals surface area contributed by atoms with E-state index in [0.29, 0.717) is 25.9 Å². The molecule has 0 aromatic rings. The molecule has 518 valence electrons. The van der Waals surface area contributed by atoms with Crippen LogP contribution in [-0.2, 0) is 110 Å². The molecule has 20 heteroatoms. The fourth-order valence-electron chi connectivity index (χ4n) is 8.40. The van der Waals surface area contributed by atoms with Gasteiger partial charge in [0.05, 0.1) is 0 Å². The minimum absolute atomic E-state index is 0. The third-order valence-corrected chi connectivity index (χ3v) is 17.0. The van der Waals surface area contributed by atoms with E-state index in [1.54, 1.807) is 0 Å². The summed E-state index contributed by atoms with van der Waals surface area (Å²) in [5.74, 6) is 0. The fourth-order valence-corrected chi connectivity index (χ4v) is 10.6. The summed E-state index contributed by atoms with van der Waals surface area (Å²) in [4.78, 5) is 13.1. The maximum atomic E-state index is 5.06. The first-order chi connectivity index (χ1) is 40.3. The summed E-state index contributed by atoms with van der Waals surface area (Å²) < 4.78 is 3.90. The third-order valence-electron chi connectivity index (χ3n) is 13.9. The Bertz CT molecular complexity index is 1100. The molecule has 0 saturated carbocycles. The van der Waals surface area contributed by atoms with Crippen molar-refractivity contribution in [3.05, 3.63) is 0 Å². The number of unbranched alkanes of at least 4 members (excludes halogenated alkanes) is 24. The smallest absolute Gasteiger partial charge is 0.0162 e. The number of thiocarbonyl (C=S) groups is 6. The third kappa shape index (κ3) is 83.7. The first-order valence-corrected chi connectivity index (χ1v) is 39.0. The molecule has 0 saturated heterocycles. The van der Waals surface area contributed by atoms with E-state index >= 15 is 0 Å². The number of rotatable bonds is 48. The molecule has 0 aromatic heterocycles. The number of nitrogens with zero attached hydrogens (tertiary/aromatic N) is 6. The second kappa shape index (κ2) is 86.7. The van der Waals surface area contributed by atoms with Crippen LogP contribution in [0.4, 0.5) is 0 Å². The second-order valence-electron chi connectivity index (χ2n) is 22.0. The van der Waals surface area contributed by atoms with Crippen molar-refractivity contribution in [3.63, 3.8) is 0 Å². The largest absolute Gasteiger partial charge is 2.00 e. The van der Waals surface area contributed by atoms with Crippen molar-refractivity contribution in [2.24, 2.45) is 0 Å². The molecule has 0 unspecified atom stereocenters. The zero-order valence-electron chi connectivity index (χ0n) is 57.3. The molecule has 0 aliphatic rings. The van der Waals surface area contributed by atoms with E-state index < -0.39 is 0 Å². The number of hydrogen-bond acceptors (Lipinski definition) is 12. The molecular formula is C66H132MoN6S13-8. The zero-order chi connectivity index (χ0) is 64.9. The van der Waals surface area contributed by atoms with Gasteiger partial charge in [-0.15, -0.1) is 0 Å². The summed E-state index contributed by atoms with van der Waals surface area (Å²) in [6.07, 6.45) is 45.1. The van der Waals surface area contributed by atoms with Gasteiger partial charge in [-0.25, -0.2) is 0 Å². The van der Waals surface area contributed by atoms with Gasteiger partial charge in [0.1, 0.15) is 0 Å². The van der Waals surface area contributed by atoms with Crippen LogP contribution in [-0.4, -0.2) is 134 Å². The van der Waals surface area contributed by atoms with Crippen LogP contribution in [0.5, 0.6) is 0 Å². The van der Waals surface area contributed by atoms with Gasteiger partial charge in [0, 0.05) is 99.6 Å². The minimum atomic E-state index is 0. The standard InChI is InChI=1S/6C11H23NS2.Mo.S/c6*1-3-5-7-9-12(11(13)14)10-8-6-4-2;;/h6*3-10H2,1-2H3,(H,13,14);;/q;;;;;;;-2/p-6. The maximum Gasteiger partial charge on any atom is 0.0162 e. The number of hydrogen-bond donors (Lipinski definition) is 0. The van der Waals surface area contributed by atoms with Crippen LogP contribution in [0.1, 0.15) is 314 Å². The first-order valence-electron chi connectivity index (χ1n) is 34.1. The Morgan fingerprint density at radius 3 is 0.302 bits per heavy atom. The van der Waals surface area contributed by atoms with Gasteiger partial charge < -0.3 is 192 Å². The van der Waals surface area contributed by atoms with Gasteiger partial charge in [-0.05, 0) is 77.0 Å². The molecule has 0 heterocycles. The van der Waals surface area contributed by atoms with Gasteiger partial charge in [0.15, 0.2) is 0 Å². The van der Waals surface area contributed by atoms with Crippen molar-refractivity contribution in [3.8, 4) is 0 Å². The maximum absolute atomic E-state index is 5.06. The fraction of sp³-hybridized carbons (Fsp3) is 0.909. The molecule has 0 atom stereocenters. The van der Waals surface area contributed by atoms with Gasteiger partial charge in [0.2, 0.25) is 0 Å². The van der Waals surface area contributed by atoms with Crippen molar-refractivity contribution in [1.82, 2.24) is 29.4 Å². The molecule has 6 nitrogen and oxygen atoms in total. The molecule has 0 N–H and O–H groups in total. The monoisotopic (exact) mass is 1520 g/mol. The molecule has 0 spiro atoms. The Labute approximate surface area is 625 Å². The van der Waals surface area contributed by atoms with Gasteiger partial charge in [-0.1, -0.05) is 263 Å². The summed E-state index contributed by atoms with van der Waals surface area (Å²) in [6.45, 7) is 39.3. The SMILES string of the molecule is CCCCCN(CCCCC)C(=S)[S-].CCCCCN(CCCCC)C(=S)[S-].CCCCCN(CCCCC)C(=S)[S-].CCCCCN(CCCCC)C(=S)[S-].CCCCCN(CCCCC)C(=S)[S-].CCCCCN(CCCCC)C(=S)[S-].[Mo].[S-2]. The summed E-state index contributed by atoms with van der Waals surface area (Å²) in [5, 5.41) is 0. The van der Waals surface area contributed by atoms with E-state index in [2.05, 4.69) is 112 Å². The Hall–Kier alpha value is 1.70. The minimum Gasteiger partial charge on any atom is -2.00 e. The van der Waals surface area contributed by atoms with E-state index in [9.17, 15) is 0 Å².